The van der Waals surface area contributed by atoms with E-state index >= 15 is 0 Å². The molecule has 0 radical (unpaired) electrons. The third kappa shape index (κ3) is 4.88. The quantitative estimate of drug-likeness (QED) is 0.573. The number of halogens is 1. The maximum atomic E-state index is 12.3. The van der Waals surface area contributed by atoms with Crippen LogP contribution >= 0.6 is 12.4 Å². The topological polar surface area (TPSA) is 131 Å². The second kappa shape index (κ2) is 8.39. The van der Waals surface area contributed by atoms with Gasteiger partial charge in [0.05, 0.1) is 12.6 Å². The number of hydrogen-bond acceptors (Lipinski definition) is 5. The number of carbonyl (C=O) groups excluding carboxylic acids is 3. The number of nitrogens with one attached hydrogen (secondary N) is 1. The molecular formula is C14H26ClN5O4. The first-order valence-electron chi connectivity index (χ1n) is 7.85. The van der Waals surface area contributed by atoms with Crippen LogP contribution in [0.5, 0.6) is 0 Å². The summed E-state index contributed by atoms with van der Waals surface area (Å²) in [5, 5.41) is 2.47. The molecule has 2 heterocycles. The number of nitrogens with two attached hydrogens (primary N) is 2. The molecular weight excluding hydrogens is 338 g/mol. The molecule has 0 aromatic heterocycles. The Labute approximate surface area is 147 Å². The molecule has 0 bridgehead atoms. The van der Waals surface area contributed by atoms with Crippen LogP contribution in [-0.4, -0.2) is 72.7 Å². The Kier molecular flexibility index (Phi) is 7.09. The van der Waals surface area contributed by atoms with Crippen molar-refractivity contribution < 1.29 is 19.1 Å². The molecule has 0 unspecified atom stereocenters. The van der Waals surface area contributed by atoms with Crippen LogP contribution in [0.1, 0.15) is 25.7 Å². The van der Waals surface area contributed by atoms with Crippen molar-refractivity contribution in [3.05, 3.63) is 0 Å². The molecule has 5 N–H and O–H groups in total. The Morgan fingerprint density at radius 2 is 2.00 bits per heavy atom. The number of likely N-dealkylation sites (tertiary alicyclic amines) is 1. The molecule has 1 atom stereocenters. The first kappa shape index (κ1) is 20.3. The highest BCUT2D eigenvalue weighted by atomic mass is 35.5. The minimum absolute atomic E-state index is 0. The number of hydrogen-bond donors (Lipinski definition) is 3. The summed E-state index contributed by atoms with van der Waals surface area (Å²) in [4.78, 5) is 37.7. The molecule has 0 aliphatic carbocycles. The zero-order valence-corrected chi connectivity index (χ0v) is 14.6. The van der Waals surface area contributed by atoms with Crippen LogP contribution in [0.15, 0.2) is 0 Å². The molecule has 24 heavy (non-hydrogen) atoms. The molecule has 0 aromatic carbocycles. The average Bonchev–Trinajstić information content (AvgIpc) is 2.77. The third-order valence-corrected chi connectivity index (χ3v) is 4.44. The number of likely N-dealkylation sites (N-methyl/N-ethyl adjacent to an activating group) is 1. The molecule has 2 rings (SSSR count). The number of primary amides is 1. The van der Waals surface area contributed by atoms with E-state index < -0.39 is 17.7 Å². The zero-order valence-electron chi connectivity index (χ0n) is 13.8. The molecule has 2 fully saturated rings. The van der Waals surface area contributed by atoms with Crippen LogP contribution in [0.25, 0.3) is 0 Å². The average molecular weight is 364 g/mol. The van der Waals surface area contributed by atoms with Gasteiger partial charge >= 0.3 is 12.1 Å². The molecule has 2 aliphatic heterocycles. The lowest BCUT2D eigenvalue weighted by Crippen LogP contribution is -2.52. The van der Waals surface area contributed by atoms with Gasteiger partial charge in [-0.2, -0.15) is 0 Å². The standard InChI is InChI=1S/C14H25N5O4.ClH/c1-18-9-14(23-13(18)22)4-7-19(8-5-14)11(20)10(15)3-2-6-17-12(16)21;/h10H,2-9,15H2,1H3,(H3,16,17,21);1H/t10-;/m0./s1. The maximum Gasteiger partial charge on any atom is 0.410 e. The van der Waals surface area contributed by atoms with E-state index in [1.165, 1.54) is 0 Å². The fraction of sp³-hybridized carbons (Fsp3) is 0.786. The molecule has 1 spiro atoms. The van der Waals surface area contributed by atoms with E-state index in [9.17, 15) is 14.4 Å². The summed E-state index contributed by atoms with van der Waals surface area (Å²) in [6.07, 6.45) is 2.03. The highest BCUT2D eigenvalue weighted by molar-refractivity contribution is 5.85. The summed E-state index contributed by atoms with van der Waals surface area (Å²) in [5.74, 6) is -0.100. The van der Waals surface area contributed by atoms with Crippen molar-refractivity contribution in [2.45, 2.75) is 37.3 Å². The maximum absolute atomic E-state index is 12.3. The highest BCUT2D eigenvalue weighted by Crippen LogP contribution is 2.32. The Hall–Kier alpha value is -1.74. The molecule has 2 aliphatic rings. The van der Waals surface area contributed by atoms with Crippen LogP contribution in [0.2, 0.25) is 0 Å². The van der Waals surface area contributed by atoms with Gasteiger partial charge in [0.15, 0.2) is 0 Å². The Morgan fingerprint density at radius 1 is 1.38 bits per heavy atom. The lowest BCUT2D eigenvalue weighted by Gasteiger charge is -2.38. The SMILES string of the molecule is CN1CC2(CCN(C(=O)[C@@H](N)CCCNC(N)=O)CC2)OC1=O.Cl. The van der Waals surface area contributed by atoms with Gasteiger partial charge in [-0.1, -0.05) is 0 Å². The summed E-state index contributed by atoms with van der Waals surface area (Å²) in [7, 11) is 1.71. The van der Waals surface area contributed by atoms with Crippen LogP contribution < -0.4 is 16.8 Å². The van der Waals surface area contributed by atoms with Crippen LogP contribution in [-0.2, 0) is 9.53 Å². The highest BCUT2D eigenvalue weighted by Gasteiger charge is 2.46. The van der Waals surface area contributed by atoms with Crippen molar-refractivity contribution in [3.63, 3.8) is 0 Å². The molecule has 4 amide bonds. The first-order chi connectivity index (χ1) is 10.8. The summed E-state index contributed by atoms with van der Waals surface area (Å²) in [5.41, 5.74) is 10.4. The largest absolute Gasteiger partial charge is 0.441 e. The number of carbonyl (C=O) groups is 3. The minimum atomic E-state index is -0.590. The molecule has 138 valence electrons. The Bertz CT molecular complexity index is 482. The van der Waals surface area contributed by atoms with E-state index in [0.717, 1.165) is 0 Å². The van der Waals surface area contributed by atoms with E-state index in [2.05, 4.69) is 5.32 Å². The summed E-state index contributed by atoms with van der Waals surface area (Å²) >= 11 is 0. The molecule has 10 heteroatoms. The zero-order chi connectivity index (χ0) is 17.0. The first-order valence-corrected chi connectivity index (χ1v) is 7.85. The predicted molar refractivity (Wildman–Crippen MR) is 89.7 cm³/mol. The number of ether oxygens (including phenoxy) is 1. The minimum Gasteiger partial charge on any atom is -0.441 e. The van der Waals surface area contributed by atoms with Crippen LogP contribution in [0, 0.1) is 0 Å². The van der Waals surface area contributed by atoms with Gasteiger partial charge in [0.2, 0.25) is 5.91 Å². The van der Waals surface area contributed by atoms with E-state index in [4.69, 9.17) is 16.2 Å². The summed E-state index contributed by atoms with van der Waals surface area (Å²) < 4.78 is 5.46. The molecule has 0 aromatic rings. The normalized spacial score (nSPS) is 20.3. The molecule has 9 nitrogen and oxygen atoms in total. The number of rotatable bonds is 5. The summed E-state index contributed by atoms with van der Waals surface area (Å²) in [6.45, 7) is 2.04. The van der Waals surface area contributed by atoms with Crippen molar-refractivity contribution in [1.82, 2.24) is 15.1 Å². The van der Waals surface area contributed by atoms with Gasteiger partial charge < -0.3 is 31.3 Å². The lowest BCUT2D eigenvalue weighted by atomic mass is 9.91. The second-order valence-electron chi connectivity index (χ2n) is 6.27. The van der Waals surface area contributed by atoms with E-state index in [-0.39, 0.29) is 24.4 Å². The van der Waals surface area contributed by atoms with E-state index in [1.54, 1.807) is 16.8 Å². The Balaban J connectivity index is 0.00000288. The van der Waals surface area contributed by atoms with Gasteiger partial charge in [-0.15, -0.1) is 12.4 Å². The van der Waals surface area contributed by atoms with Gasteiger partial charge in [-0.25, -0.2) is 9.59 Å². The van der Waals surface area contributed by atoms with Crippen LogP contribution in [0.3, 0.4) is 0 Å². The number of nitrogens with zero attached hydrogens (tertiary/aromatic N) is 2. The van der Waals surface area contributed by atoms with Gasteiger partial charge in [-0.3, -0.25) is 4.79 Å². The lowest BCUT2D eigenvalue weighted by molar-refractivity contribution is -0.136. The number of piperidine rings is 1. The van der Waals surface area contributed by atoms with Gasteiger partial charge in [-0.05, 0) is 12.8 Å². The van der Waals surface area contributed by atoms with Crippen molar-refractivity contribution in [2.75, 3.05) is 33.2 Å². The second-order valence-corrected chi connectivity index (χ2v) is 6.27. The van der Waals surface area contributed by atoms with Crippen molar-refractivity contribution in [3.8, 4) is 0 Å². The summed E-state index contributed by atoms with van der Waals surface area (Å²) in [6, 6.07) is -1.17. The van der Waals surface area contributed by atoms with Crippen molar-refractivity contribution in [1.29, 1.82) is 0 Å². The predicted octanol–water partition coefficient (Wildman–Crippen LogP) is -0.373. The van der Waals surface area contributed by atoms with Gasteiger partial charge in [0.1, 0.15) is 5.60 Å². The smallest absolute Gasteiger partial charge is 0.410 e. The Morgan fingerprint density at radius 3 is 2.50 bits per heavy atom. The van der Waals surface area contributed by atoms with Crippen LogP contribution in [0.4, 0.5) is 9.59 Å². The van der Waals surface area contributed by atoms with Gasteiger partial charge in [0, 0.05) is 39.5 Å². The van der Waals surface area contributed by atoms with Crippen molar-refractivity contribution in [2.24, 2.45) is 11.5 Å². The fourth-order valence-electron chi connectivity index (χ4n) is 3.08. The van der Waals surface area contributed by atoms with Gasteiger partial charge in [0.25, 0.3) is 0 Å². The van der Waals surface area contributed by atoms with E-state index in [1.807, 2.05) is 0 Å². The molecule has 2 saturated heterocycles. The fourth-order valence-corrected chi connectivity index (χ4v) is 3.08. The molecule has 0 saturated carbocycles. The van der Waals surface area contributed by atoms with Crippen molar-refractivity contribution >= 4 is 30.4 Å². The monoisotopic (exact) mass is 363 g/mol. The third-order valence-electron chi connectivity index (χ3n) is 4.44. The van der Waals surface area contributed by atoms with E-state index in [0.29, 0.717) is 51.9 Å². The number of amides is 4. The number of urea groups is 1.